The van der Waals surface area contributed by atoms with Crippen molar-refractivity contribution in [2.45, 2.75) is 57.5 Å². The van der Waals surface area contributed by atoms with Crippen molar-refractivity contribution < 1.29 is 9.59 Å². The molecule has 0 aliphatic carbocycles. The van der Waals surface area contributed by atoms with Crippen molar-refractivity contribution in [1.29, 1.82) is 0 Å². The van der Waals surface area contributed by atoms with Crippen LogP contribution in [0.2, 0.25) is 0 Å². The van der Waals surface area contributed by atoms with Crippen molar-refractivity contribution in [2.24, 2.45) is 23.1 Å². The standard InChI is InChI=1S/C21H34N4O2/c1-2-15-6-8-16(9-7-15)20(26)11-17(5-3-4-10-22)21(27)25-13-18(23)12-19(24)14-25/h6-9,17-19H,2-5,10-14,22-24H2,1H3/t17?,18-,19+. The van der Waals surface area contributed by atoms with E-state index in [9.17, 15) is 9.59 Å². The molecule has 1 amide bonds. The van der Waals surface area contributed by atoms with Crippen LogP contribution < -0.4 is 17.2 Å². The van der Waals surface area contributed by atoms with Gasteiger partial charge >= 0.3 is 0 Å². The number of unbranched alkanes of at least 4 members (excludes halogenated alkanes) is 1. The van der Waals surface area contributed by atoms with Crippen LogP contribution in [0, 0.1) is 5.92 Å². The third-order valence-corrected chi connectivity index (χ3v) is 5.30. The Morgan fingerprint density at radius 2 is 1.74 bits per heavy atom. The monoisotopic (exact) mass is 374 g/mol. The Labute approximate surface area is 162 Å². The zero-order valence-corrected chi connectivity index (χ0v) is 16.4. The number of carbonyl (C=O) groups excluding carboxylic acids is 2. The fraction of sp³-hybridized carbons (Fsp3) is 0.619. The Morgan fingerprint density at radius 1 is 1.11 bits per heavy atom. The van der Waals surface area contributed by atoms with Gasteiger partial charge in [0.2, 0.25) is 5.91 Å². The quantitative estimate of drug-likeness (QED) is 0.447. The molecule has 1 aliphatic rings. The van der Waals surface area contributed by atoms with Gasteiger partial charge in [-0.15, -0.1) is 0 Å². The lowest BCUT2D eigenvalue weighted by atomic mass is 9.90. The van der Waals surface area contributed by atoms with Crippen LogP contribution >= 0.6 is 0 Å². The minimum atomic E-state index is -0.340. The zero-order chi connectivity index (χ0) is 19.8. The number of amides is 1. The summed E-state index contributed by atoms with van der Waals surface area (Å²) in [6.45, 7) is 3.70. The van der Waals surface area contributed by atoms with E-state index < -0.39 is 0 Å². The number of likely N-dealkylation sites (tertiary alicyclic amines) is 1. The first-order valence-corrected chi connectivity index (χ1v) is 10.1. The Hall–Kier alpha value is -1.76. The van der Waals surface area contributed by atoms with Gasteiger partial charge in [-0.05, 0) is 37.8 Å². The van der Waals surface area contributed by atoms with Crippen molar-refractivity contribution in [2.75, 3.05) is 19.6 Å². The highest BCUT2D eigenvalue weighted by atomic mass is 16.2. The van der Waals surface area contributed by atoms with Crippen molar-refractivity contribution >= 4 is 11.7 Å². The van der Waals surface area contributed by atoms with Crippen molar-refractivity contribution in [3.05, 3.63) is 35.4 Å². The summed E-state index contributed by atoms with van der Waals surface area (Å²) in [6, 6.07) is 7.46. The second-order valence-electron chi connectivity index (χ2n) is 7.66. The molecule has 6 N–H and O–H groups in total. The van der Waals surface area contributed by atoms with Crippen LogP contribution in [0.3, 0.4) is 0 Å². The van der Waals surface area contributed by atoms with E-state index in [1.807, 2.05) is 24.3 Å². The SMILES string of the molecule is CCc1ccc(C(=O)CC(CCCCN)C(=O)N2C[C@H](N)C[C@H](N)C2)cc1. The summed E-state index contributed by atoms with van der Waals surface area (Å²) in [5.74, 6) is -0.335. The smallest absolute Gasteiger partial charge is 0.226 e. The fourth-order valence-electron chi connectivity index (χ4n) is 3.73. The van der Waals surface area contributed by atoms with Gasteiger partial charge in [-0.1, -0.05) is 37.6 Å². The molecule has 1 fully saturated rings. The lowest BCUT2D eigenvalue weighted by Crippen LogP contribution is -2.55. The van der Waals surface area contributed by atoms with Gasteiger partial charge in [-0.25, -0.2) is 0 Å². The molecule has 0 bridgehead atoms. The number of hydrogen-bond donors (Lipinski definition) is 3. The van der Waals surface area contributed by atoms with Gasteiger partial charge in [0, 0.05) is 43.1 Å². The second kappa shape index (κ2) is 10.5. The van der Waals surface area contributed by atoms with Crippen molar-refractivity contribution in [3.8, 4) is 0 Å². The van der Waals surface area contributed by atoms with E-state index in [4.69, 9.17) is 17.2 Å². The first-order chi connectivity index (χ1) is 12.9. The Balaban J connectivity index is 2.07. The second-order valence-corrected chi connectivity index (χ2v) is 7.66. The number of nitrogens with zero attached hydrogens (tertiary/aromatic N) is 1. The van der Waals surface area contributed by atoms with E-state index in [1.54, 1.807) is 4.90 Å². The predicted octanol–water partition coefficient (Wildman–Crippen LogP) is 1.45. The lowest BCUT2D eigenvalue weighted by molar-refractivity contribution is -0.137. The molecule has 0 radical (unpaired) electrons. The number of piperidine rings is 1. The molecule has 2 rings (SSSR count). The highest BCUT2D eigenvalue weighted by molar-refractivity contribution is 5.98. The fourth-order valence-corrected chi connectivity index (χ4v) is 3.73. The zero-order valence-electron chi connectivity index (χ0n) is 16.4. The van der Waals surface area contributed by atoms with E-state index in [0.717, 1.165) is 25.7 Å². The number of nitrogens with two attached hydrogens (primary N) is 3. The average Bonchev–Trinajstić information content (AvgIpc) is 2.66. The number of rotatable bonds is 9. The molecule has 1 unspecified atom stereocenters. The number of Topliss-reactive ketones (excluding diaryl/α,β-unsaturated/α-hetero) is 1. The van der Waals surface area contributed by atoms with Crippen LogP contribution in [-0.4, -0.2) is 48.3 Å². The van der Waals surface area contributed by atoms with Crippen LogP contribution in [0.4, 0.5) is 0 Å². The van der Waals surface area contributed by atoms with Gasteiger partial charge in [0.1, 0.15) is 0 Å². The lowest BCUT2D eigenvalue weighted by Gasteiger charge is -2.36. The third-order valence-electron chi connectivity index (χ3n) is 5.30. The molecule has 1 aliphatic heterocycles. The normalized spacial score (nSPS) is 21.1. The summed E-state index contributed by atoms with van der Waals surface area (Å²) >= 11 is 0. The van der Waals surface area contributed by atoms with Crippen LogP contribution in [0.15, 0.2) is 24.3 Å². The summed E-state index contributed by atoms with van der Waals surface area (Å²) < 4.78 is 0. The third kappa shape index (κ3) is 6.41. The van der Waals surface area contributed by atoms with Crippen LogP contribution in [0.5, 0.6) is 0 Å². The average molecular weight is 375 g/mol. The molecule has 27 heavy (non-hydrogen) atoms. The van der Waals surface area contributed by atoms with E-state index in [-0.39, 0.29) is 36.1 Å². The Morgan fingerprint density at radius 3 is 2.30 bits per heavy atom. The molecule has 0 spiro atoms. The van der Waals surface area contributed by atoms with Crippen LogP contribution in [-0.2, 0) is 11.2 Å². The van der Waals surface area contributed by atoms with E-state index in [1.165, 1.54) is 5.56 Å². The Bertz CT molecular complexity index is 607. The molecule has 0 saturated carbocycles. The molecule has 3 atom stereocenters. The molecule has 1 heterocycles. The van der Waals surface area contributed by atoms with E-state index in [2.05, 4.69) is 6.92 Å². The highest BCUT2D eigenvalue weighted by Crippen LogP contribution is 2.21. The molecule has 6 nitrogen and oxygen atoms in total. The number of ketones is 1. The molecule has 1 aromatic carbocycles. The van der Waals surface area contributed by atoms with Crippen molar-refractivity contribution in [3.63, 3.8) is 0 Å². The predicted molar refractivity (Wildman–Crippen MR) is 108 cm³/mol. The Kier molecular flexibility index (Phi) is 8.41. The molecule has 1 saturated heterocycles. The van der Waals surface area contributed by atoms with Crippen LogP contribution in [0.1, 0.15) is 54.9 Å². The summed E-state index contributed by atoms with van der Waals surface area (Å²) in [5.41, 5.74) is 19.5. The maximum Gasteiger partial charge on any atom is 0.226 e. The molecule has 150 valence electrons. The number of aryl methyl sites for hydroxylation is 1. The number of carbonyl (C=O) groups is 2. The number of benzene rings is 1. The van der Waals surface area contributed by atoms with Crippen LogP contribution in [0.25, 0.3) is 0 Å². The minimum Gasteiger partial charge on any atom is -0.339 e. The topological polar surface area (TPSA) is 115 Å². The van der Waals surface area contributed by atoms with Gasteiger partial charge in [0.05, 0.1) is 0 Å². The maximum absolute atomic E-state index is 13.1. The van der Waals surface area contributed by atoms with E-state index >= 15 is 0 Å². The molecular formula is C21H34N4O2. The van der Waals surface area contributed by atoms with Gasteiger partial charge in [0.15, 0.2) is 5.78 Å². The van der Waals surface area contributed by atoms with Gasteiger partial charge < -0.3 is 22.1 Å². The molecule has 0 aromatic heterocycles. The van der Waals surface area contributed by atoms with E-state index in [0.29, 0.717) is 31.6 Å². The van der Waals surface area contributed by atoms with Gasteiger partial charge in [0.25, 0.3) is 0 Å². The van der Waals surface area contributed by atoms with Gasteiger partial charge in [-0.2, -0.15) is 0 Å². The minimum absolute atomic E-state index is 0.00357. The summed E-state index contributed by atoms with van der Waals surface area (Å²) in [7, 11) is 0. The first-order valence-electron chi connectivity index (χ1n) is 10.1. The molecule has 1 aromatic rings. The first kappa shape index (κ1) is 21.5. The van der Waals surface area contributed by atoms with Crippen molar-refractivity contribution in [1.82, 2.24) is 4.90 Å². The number of hydrogen-bond acceptors (Lipinski definition) is 5. The van der Waals surface area contributed by atoms with Gasteiger partial charge in [-0.3, -0.25) is 9.59 Å². The maximum atomic E-state index is 13.1. The summed E-state index contributed by atoms with van der Waals surface area (Å²) in [5, 5.41) is 0. The molecular weight excluding hydrogens is 340 g/mol. The summed E-state index contributed by atoms with van der Waals surface area (Å²) in [6.07, 6.45) is 4.23. The highest BCUT2D eigenvalue weighted by Gasteiger charge is 2.31. The largest absolute Gasteiger partial charge is 0.339 e. The summed E-state index contributed by atoms with van der Waals surface area (Å²) in [4.78, 5) is 27.6. The molecule has 6 heteroatoms.